The van der Waals surface area contributed by atoms with Gasteiger partial charge >= 0.3 is 0 Å². The van der Waals surface area contributed by atoms with Gasteiger partial charge in [0.1, 0.15) is 0 Å². The molecule has 0 spiro atoms. The van der Waals surface area contributed by atoms with Crippen molar-refractivity contribution in [3.8, 4) is 0 Å². The van der Waals surface area contributed by atoms with Crippen LogP contribution in [0.3, 0.4) is 0 Å². The van der Waals surface area contributed by atoms with Crippen LogP contribution in [0, 0.1) is 5.92 Å². The summed E-state index contributed by atoms with van der Waals surface area (Å²) >= 11 is 0. The molecule has 22 heavy (non-hydrogen) atoms. The number of nitrogens with one attached hydrogen (secondary N) is 2. The minimum atomic E-state index is -0.0758. The molecule has 2 rings (SSSR count). The van der Waals surface area contributed by atoms with Gasteiger partial charge in [0.2, 0.25) is 5.91 Å². The van der Waals surface area contributed by atoms with Gasteiger partial charge in [-0.05, 0) is 57.4 Å². The van der Waals surface area contributed by atoms with Crippen molar-refractivity contribution >= 4 is 17.5 Å². The van der Waals surface area contributed by atoms with Crippen LogP contribution in [0.15, 0.2) is 24.3 Å². The molecule has 2 N–H and O–H groups in total. The van der Waals surface area contributed by atoms with Gasteiger partial charge in [-0.3, -0.25) is 9.59 Å². The largest absolute Gasteiger partial charge is 0.339 e. The van der Waals surface area contributed by atoms with Gasteiger partial charge in [-0.25, -0.2) is 0 Å². The topological polar surface area (TPSA) is 61.4 Å². The number of carbonyl (C=O) groups is 2. The SMILES string of the molecule is CCN(CC)C(=O)c1cccc(NC(=O)CNCC2CC2)c1. The Hall–Kier alpha value is -1.88. The zero-order chi connectivity index (χ0) is 15.9. The minimum Gasteiger partial charge on any atom is -0.339 e. The summed E-state index contributed by atoms with van der Waals surface area (Å²) in [4.78, 5) is 25.9. The van der Waals surface area contributed by atoms with Crippen molar-refractivity contribution in [2.75, 3.05) is 31.5 Å². The van der Waals surface area contributed by atoms with Crippen molar-refractivity contribution in [3.05, 3.63) is 29.8 Å². The van der Waals surface area contributed by atoms with Gasteiger partial charge < -0.3 is 15.5 Å². The molecule has 0 unspecified atom stereocenters. The maximum atomic E-state index is 12.3. The molecule has 5 heteroatoms. The highest BCUT2D eigenvalue weighted by Crippen LogP contribution is 2.27. The fourth-order valence-corrected chi connectivity index (χ4v) is 2.34. The van der Waals surface area contributed by atoms with E-state index >= 15 is 0 Å². The Morgan fingerprint density at radius 1 is 1.23 bits per heavy atom. The van der Waals surface area contributed by atoms with Gasteiger partial charge in [-0.1, -0.05) is 6.07 Å². The fraction of sp³-hybridized carbons (Fsp3) is 0.529. The number of carbonyl (C=O) groups excluding carboxylic acids is 2. The van der Waals surface area contributed by atoms with E-state index in [-0.39, 0.29) is 11.8 Å². The van der Waals surface area contributed by atoms with E-state index in [4.69, 9.17) is 0 Å². The van der Waals surface area contributed by atoms with Crippen LogP contribution < -0.4 is 10.6 Å². The monoisotopic (exact) mass is 303 g/mol. The summed E-state index contributed by atoms with van der Waals surface area (Å²) in [5.41, 5.74) is 1.27. The van der Waals surface area contributed by atoms with Gasteiger partial charge in [0.25, 0.3) is 5.91 Å². The lowest BCUT2D eigenvalue weighted by Gasteiger charge is -2.19. The Bertz CT molecular complexity index is 522. The first-order valence-electron chi connectivity index (χ1n) is 8.04. The molecule has 0 aromatic heterocycles. The highest BCUT2D eigenvalue weighted by atomic mass is 16.2. The standard InChI is InChI=1S/C17H25N3O2/c1-3-20(4-2)17(22)14-6-5-7-15(10-14)19-16(21)12-18-11-13-8-9-13/h5-7,10,13,18H,3-4,8-9,11-12H2,1-2H3,(H,19,21). The Morgan fingerprint density at radius 2 is 1.95 bits per heavy atom. The molecule has 0 bridgehead atoms. The van der Waals surface area contributed by atoms with E-state index in [0.717, 1.165) is 12.5 Å². The van der Waals surface area contributed by atoms with Crippen LogP contribution in [0.25, 0.3) is 0 Å². The lowest BCUT2D eigenvalue weighted by Crippen LogP contribution is -2.31. The van der Waals surface area contributed by atoms with Gasteiger partial charge in [0, 0.05) is 24.3 Å². The summed E-state index contributed by atoms with van der Waals surface area (Å²) in [7, 11) is 0. The van der Waals surface area contributed by atoms with Gasteiger partial charge in [0.15, 0.2) is 0 Å². The Kier molecular flexibility index (Phi) is 5.95. The lowest BCUT2D eigenvalue weighted by molar-refractivity contribution is -0.115. The van der Waals surface area contributed by atoms with Crippen molar-refractivity contribution in [1.29, 1.82) is 0 Å². The predicted octanol–water partition coefficient (Wildman–Crippen LogP) is 2.11. The molecule has 1 fully saturated rings. The highest BCUT2D eigenvalue weighted by Gasteiger charge is 2.20. The summed E-state index contributed by atoms with van der Waals surface area (Å²) in [6.07, 6.45) is 2.54. The third-order valence-electron chi connectivity index (χ3n) is 3.86. The third-order valence-corrected chi connectivity index (χ3v) is 3.86. The number of rotatable bonds is 8. The molecule has 0 aliphatic heterocycles. The number of hydrogen-bond donors (Lipinski definition) is 2. The Balaban J connectivity index is 1.89. The molecule has 0 heterocycles. The summed E-state index contributed by atoms with van der Waals surface area (Å²) in [6, 6.07) is 7.11. The van der Waals surface area contributed by atoms with E-state index in [9.17, 15) is 9.59 Å². The van der Waals surface area contributed by atoms with Gasteiger partial charge in [-0.2, -0.15) is 0 Å². The van der Waals surface area contributed by atoms with Crippen LogP contribution in [0.2, 0.25) is 0 Å². The Morgan fingerprint density at radius 3 is 2.59 bits per heavy atom. The van der Waals surface area contributed by atoms with Gasteiger partial charge in [-0.15, -0.1) is 0 Å². The smallest absolute Gasteiger partial charge is 0.253 e. The first-order valence-corrected chi connectivity index (χ1v) is 8.04. The second kappa shape index (κ2) is 7.94. The number of anilines is 1. The van der Waals surface area contributed by atoms with Crippen LogP contribution in [-0.2, 0) is 4.79 Å². The van der Waals surface area contributed by atoms with Crippen LogP contribution in [-0.4, -0.2) is 42.9 Å². The average Bonchev–Trinajstić information content (AvgIpc) is 3.33. The van der Waals surface area contributed by atoms with E-state index in [1.54, 1.807) is 29.2 Å². The molecule has 5 nitrogen and oxygen atoms in total. The summed E-state index contributed by atoms with van der Waals surface area (Å²) in [6.45, 7) is 6.49. The van der Waals surface area contributed by atoms with Gasteiger partial charge in [0.05, 0.1) is 6.54 Å². The minimum absolute atomic E-state index is 0.00652. The highest BCUT2D eigenvalue weighted by molar-refractivity contribution is 5.97. The van der Waals surface area contributed by atoms with E-state index in [0.29, 0.717) is 30.9 Å². The van der Waals surface area contributed by atoms with Crippen LogP contribution in [0.4, 0.5) is 5.69 Å². The summed E-state index contributed by atoms with van der Waals surface area (Å²) in [5, 5.41) is 5.99. The van der Waals surface area contributed by atoms with E-state index in [1.807, 2.05) is 13.8 Å². The quantitative estimate of drug-likeness (QED) is 0.773. The molecule has 120 valence electrons. The van der Waals surface area contributed by atoms with Crippen molar-refractivity contribution in [3.63, 3.8) is 0 Å². The molecule has 1 aromatic rings. The summed E-state index contributed by atoms with van der Waals surface area (Å²) in [5.74, 6) is 0.670. The lowest BCUT2D eigenvalue weighted by atomic mass is 10.1. The molecule has 0 atom stereocenters. The molecular weight excluding hydrogens is 278 g/mol. The molecule has 1 saturated carbocycles. The van der Waals surface area contributed by atoms with E-state index < -0.39 is 0 Å². The average molecular weight is 303 g/mol. The third kappa shape index (κ3) is 4.84. The van der Waals surface area contributed by atoms with Crippen molar-refractivity contribution in [1.82, 2.24) is 10.2 Å². The van der Waals surface area contributed by atoms with Crippen LogP contribution in [0.5, 0.6) is 0 Å². The van der Waals surface area contributed by atoms with Crippen LogP contribution >= 0.6 is 0 Å². The molecule has 1 aliphatic rings. The maximum Gasteiger partial charge on any atom is 0.253 e. The zero-order valence-corrected chi connectivity index (χ0v) is 13.4. The number of benzene rings is 1. The van der Waals surface area contributed by atoms with Crippen molar-refractivity contribution in [2.45, 2.75) is 26.7 Å². The molecule has 0 saturated heterocycles. The first-order chi connectivity index (χ1) is 10.6. The maximum absolute atomic E-state index is 12.3. The van der Waals surface area contributed by atoms with Crippen molar-refractivity contribution < 1.29 is 9.59 Å². The Labute approximate surface area is 132 Å². The number of hydrogen-bond acceptors (Lipinski definition) is 3. The van der Waals surface area contributed by atoms with E-state index in [1.165, 1.54) is 12.8 Å². The number of amides is 2. The molecule has 2 amide bonds. The summed E-state index contributed by atoms with van der Waals surface area (Å²) < 4.78 is 0. The molecule has 1 aliphatic carbocycles. The molecular formula is C17H25N3O2. The second-order valence-corrected chi connectivity index (χ2v) is 5.68. The second-order valence-electron chi connectivity index (χ2n) is 5.68. The number of nitrogens with zero attached hydrogens (tertiary/aromatic N) is 1. The zero-order valence-electron chi connectivity index (χ0n) is 13.4. The normalized spacial score (nSPS) is 13.7. The fourth-order valence-electron chi connectivity index (χ4n) is 2.34. The van der Waals surface area contributed by atoms with E-state index in [2.05, 4.69) is 10.6 Å². The van der Waals surface area contributed by atoms with Crippen LogP contribution in [0.1, 0.15) is 37.0 Å². The first kappa shape index (κ1) is 16.5. The predicted molar refractivity (Wildman–Crippen MR) is 87.9 cm³/mol. The van der Waals surface area contributed by atoms with Crippen molar-refractivity contribution in [2.24, 2.45) is 5.92 Å². The molecule has 0 radical (unpaired) electrons. The molecule has 1 aromatic carbocycles.